The van der Waals surface area contributed by atoms with Crippen LogP contribution < -0.4 is 16.0 Å². The molecule has 0 saturated heterocycles. The second kappa shape index (κ2) is 11.1. The number of guanidine groups is 1. The van der Waals surface area contributed by atoms with E-state index in [1.54, 1.807) is 31.6 Å². The molecule has 2 aromatic rings. The summed E-state index contributed by atoms with van der Waals surface area (Å²) >= 11 is 0. The Labute approximate surface area is 167 Å². The van der Waals surface area contributed by atoms with E-state index < -0.39 is 0 Å². The Kier molecular flexibility index (Phi) is 8.46. The van der Waals surface area contributed by atoms with Gasteiger partial charge in [-0.15, -0.1) is 0 Å². The predicted molar refractivity (Wildman–Crippen MR) is 115 cm³/mol. The first-order chi connectivity index (χ1) is 13.6. The number of nitrogens with one attached hydrogen (secondary N) is 3. The Morgan fingerprint density at radius 3 is 2.32 bits per heavy atom. The summed E-state index contributed by atoms with van der Waals surface area (Å²) in [6.07, 6.45) is 5.29. The largest absolute Gasteiger partial charge is 0.356 e. The summed E-state index contributed by atoms with van der Waals surface area (Å²) in [5.41, 5.74) is 1.96. The van der Waals surface area contributed by atoms with E-state index in [1.807, 2.05) is 6.07 Å². The molecule has 0 spiro atoms. The third-order valence-electron chi connectivity index (χ3n) is 5.18. The molecule has 1 aromatic heterocycles. The van der Waals surface area contributed by atoms with Gasteiger partial charge in [0.2, 0.25) is 0 Å². The molecule has 150 valence electrons. The number of carbonyl (C=O) groups excluding carboxylic acids is 1. The van der Waals surface area contributed by atoms with Gasteiger partial charge in [-0.2, -0.15) is 0 Å². The molecule has 0 aliphatic heterocycles. The fraction of sp³-hybridized carbons (Fsp3) is 0.409. The van der Waals surface area contributed by atoms with Crippen molar-refractivity contribution in [2.75, 3.05) is 26.7 Å². The highest BCUT2D eigenvalue weighted by Crippen LogP contribution is 2.30. The zero-order valence-corrected chi connectivity index (χ0v) is 17.0. The predicted octanol–water partition coefficient (Wildman–Crippen LogP) is 2.73. The lowest BCUT2D eigenvalue weighted by Gasteiger charge is -2.33. The standard InChI is InChI=1S/C22H31N5O/c1-4-22(5-2,19-11-7-6-8-12-19)17-27-21(23-3)26-15-14-25-20(28)18-10-9-13-24-16-18/h6-13,16H,4-5,14-15,17H2,1-3H3,(H,25,28)(H2,23,26,27). The molecule has 6 nitrogen and oxygen atoms in total. The van der Waals surface area contributed by atoms with E-state index in [-0.39, 0.29) is 11.3 Å². The molecule has 28 heavy (non-hydrogen) atoms. The lowest BCUT2D eigenvalue weighted by Crippen LogP contribution is -2.47. The molecule has 1 heterocycles. The second-order valence-corrected chi connectivity index (χ2v) is 6.70. The minimum Gasteiger partial charge on any atom is -0.356 e. The van der Waals surface area contributed by atoms with E-state index in [0.717, 1.165) is 25.3 Å². The fourth-order valence-corrected chi connectivity index (χ4v) is 3.23. The summed E-state index contributed by atoms with van der Waals surface area (Å²) in [7, 11) is 1.76. The number of aliphatic imine (C=N–C) groups is 1. The third-order valence-corrected chi connectivity index (χ3v) is 5.18. The third kappa shape index (κ3) is 5.81. The van der Waals surface area contributed by atoms with E-state index in [4.69, 9.17) is 0 Å². The average molecular weight is 382 g/mol. The van der Waals surface area contributed by atoms with Gasteiger partial charge in [-0.1, -0.05) is 44.2 Å². The van der Waals surface area contributed by atoms with Crippen LogP contribution in [-0.4, -0.2) is 43.5 Å². The van der Waals surface area contributed by atoms with Gasteiger partial charge in [0, 0.05) is 44.5 Å². The van der Waals surface area contributed by atoms with Crippen molar-refractivity contribution in [3.8, 4) is 0 Å². The van der Waals surface area contributed by atoms with Gasteiger partial charge in [0.25, 0.3) is 5.91 Å². The molecule has 2 rings (SSSR count). The van der Waals surface area contributed by atoms with Crippen molar-refractivity contribution in [3.05, 3.63) is 66.0 Å². The van der Waals surface area contributed by atoms with E-state index in [0.29, 0.717) is 18.7 Å². The molecular formula is C22H31N5O. The van der Waals surface area contributed by atoms with Crippen LogP contribution in [-0.2, 0) is 5.41 Å². The molecule has 0 atom stereocenters. The van der Waals surface area contributed by atoms with E-state index in [9.17, 15) is 4.79 Å². The Balaban J connectivity index is 1.82. The highest BCUT2D eigenvalue weighted by molar-refractivity contribution is 5.93. The zero-order valence-electron chi connectivity index (χ0n) is 17.0. The maximum Gasteiger partial charge on any atom is 0.252 e. The van der Waals surface area contributed by atoms with Crippen LogP contribution >= 0.6 is 0 Å². The van der Waals surface area contributed by atoms with Crippen molar-refractivity contribution in [2.24, 2.45) is 4.99 Å². The number of hydrogen-bond donors (Lipinski definition) is 3. The quantitative estimate of drug-likeness (QED) is 0.355. The Morgan fingerprint density at radius 2 is 1.71 bits per heavy atom. The van der Waals surface area contributed by atoms with Crippen LogP contribution in [0.15, 0.2) is 59.9 Å². The number of amides is 1. The van der Waals surface area contributed by atoms with Crippen LogP contribution in [0.1, 0.15) is 42.6 Å². The van der Waals surface area contributed by atoms with Gasteiger partial charge in [0.15, 0.2) is 5.96 Å². The van der Waals surface area contributed by atoms with Crippen LogP contribution in [0.4, 0.5) is 0 Å². The molecular weight excluding hydrogens is 350 g/mol. The number of hydrogen-bond acceptors (Lipinski definition) is 3. The molecule has 3 N–H and O–H groups in total. The number of aromatic nitrogens is 1. The molecule has 0 aliphatic rings. The van der Waals surface area contributed by atoms with Crippen LogP contribution in [0.2, 0.25) is 0 Å². The minimum atomic E-state index is -0.127. The summed E-state index contributed by atoms with van der Waals surface area (Å²) in [5.74, 6) is 0.607. The van der Waals surface area contributed by atoms with Gasteiger partial charge in [-0.3, -0.25) is 14.8 Å². The van der Waals surface area contributed by atoms with Crippen molar-refractivity contribution < 1.29 is 4.79 Å². The van der Waals surface area contributed by atoms with Crippen LogP contribution in [0, 0.1) is 0 Å². The molecule has 0 unspecified atom stereocenters. The smallest absolute Gasteiger partial charge is 0.252 e. The van der Waals surface area contributed by atoms with Gasteiger partial charge in [-0.05, 0) is 30.5 Å². The lowest BCUT2D eigenvalue weighted by atomic mass is 9.76. The summed E-state index contributed by atoms with van der Waals surface area (Å²) in [6.45, 7) is 6.33. The normalized spacial score (nSPS) is 11.8. The molecule has 6 heteroatoms. The Bertz CT molecular complexity index is 742. The monoisotopic (exact) mass is 381 g/mol. The van der Waals surface area contributed by atoms with Gasteiger partial charge in [0.1, 0.15) is 0 Å². The topological polar surface area (TPSA) is 78.4 Å². The number of benzene rings is 1. The van der Waals surface area contributed by atoms with Gasteiger partial charge in [-0.25, -0.2) is 0 Å². The number of nitrogens with zero attached hydrogens (tertiary/aromatic N) is 2. The maximum atomic E-state index is 12.0. The molecule has 1 aromatic carbocycles. The first-order valence-electron chi connectivity index (χ1n) is 9.83. The fourth-order valence-electron chi connectivity index (χ4n) is 3.23. The minimum absolute atomic E-state index is 0.0629. The van der Waals surface area contributed by atoms with Crippen LogP contribution in [0.25, 0.3) is 0 Å². The summed E-state index contributed by atoms with van der Waals surface area (Å²) in [6, 6.07) is 14.1. The van der Waals surface area contributed by atoms with Crippen molar-refractivity contribution >= 4 is 11.9 Å². The highest BCUT2D eigenvalue weighted by atomic mass is 16.1. The number of pyridine rings is 1. The molecule has 0 radical (unpaired) electrons. The van der Waals surface area contributed by atoms with E-state index in [1.165, 1.54) is 5.56 Å². The lowest BCUT2D eigenvalue weighted by molar-refractivity contribution is 0.0954. The van der Waals surface area contributed by atoms with Crippen molar-refractivity contribution in [3.63, 3.8) is 0 Å². The summed E-state index contributed by atoms with van der Waals surface area (Å²) in [5, 5.41) is 9.58. The first-order valence-corrected chi connectivity index (χ1v) is 9.83. The maximum absolute atomic E-state index is 12.0. The molecule has 0 bridgehead atoms. The summed E-state index contributed by atoms with van der Waals surface area (Å²) in [4.78, 5) is 20.3. The van der Waals surface area contributed by atoms with E-state index in [2.05, 4.69) is 64.0 Å². The molecule has 0 fully saturated rings. The van der Waals surface area contributed by atoms with Crippen molar-refractivity contribution in [1.82, 2.24) is 20.9 Å². The average Bonchev–Trinajstić information content (AvgIpc) is 2.77. The van der Waals surface area contributed by atoms with Crippen LogP contribution in [0.3, 0.4) is 0 Å². The van der Waals surface area contributed by atoms with Crippen molar-refractivity contribution in [2.45, 2.75) is 32.1 Å². The first kappa shape index (κ1) is 21.4. The second-order valence-electron chi connectivity index (χ2n) is 6.70. The van der Waals surface area contributed by atoms with Gasteiger partial charge >= 0.3 is 0 Å². The SMILES string of the molecule is CCC(CC)(CNC(=NC)NCCNC(=O)c1cccnc1)c1ccccc1. The number of rotatable bonds is 9. The summed E-state index contributed by atoms with van der Waals surface area (Å²) < 4.78 is 0. The Morgan fingerprint density at radius 1 is 1.00 bits per heavy atom. The number of carbonyl (C=O) groups is 1. The van der Waals surface area contributed by atoms with Crippen LogP contribution in [0.5, 0.6) is 0 Å². The highest BCUT2D eigenvalue weighted by Gasteiger charge is 2.28. The Hall–Kier alpha value is -2.89. The molecule has 0 aliphatic carbocycles. The van der Waals surface area contributed by atoms with E-state index >= 15 is 0 Å². The zero-order chi connectivity index (χ0) is 20.2. The molecule has 1 amide bonds. The van der Waals surface area contributed by atoms with Gasteiger partial charge < -0.3 is 16.0 Å². The van der Waals surface area contributed by atoms with Gasteiger partial charge in [0.05, 0.1) is 5.56 Å². The van der Waals surface area contributed by atoms with Crippen molar-refractivity contribution in [1.29, 1.82) is 0 Å². The molecule has 0 saturated carbocycles.